The Hall–Kier alpha value is -1.56. The first-order valence-corrected chi connectivity index (χ1v) is 3.33. The maximum atomic E-state index is 8.71. The van der Waals surface area contributed by atoms with E-state index in [0.717, 1.165) is 12.0 Å². The molecule has 0 aliphatic rings. The quantitative estimate of drug-likeness (QED) is 0.557. The maximum absolute atomic E-state index is 8.71. The number of nitrogens with zero attached hydrogens (tertiary/aromatic N) is 2. The second kappa shape index (κ2) is 3.57. The summed E-state index contributed by atoms with van der Waals surface area (Å²) in [5.74, 6) is 5.71. The normalized spacial score (nSPS) is 8.45. The topological polar surface area (TPSA) is 46.0 Å². The molecule has 0 fully saturated rings. The van der Waals surface area contributed by atoms with Gasteiger partial charge in [-0.3, -0.25) is 0 Å². The van der Waals surface area contributed by atoms with Crippen molar-refractivity contribution < 1.29 is 5.11 Å². The van der Waals surface area contributed by atoms with Gasteiger partial charge >= 0.3 is 6.01 Å². The SMILES string of the molecule is CCC#Cc1cnc(O)nc1. The third-order valence-corrected chi connectivity index (χ3v) is 1.05. The van der Waals surface area contributed by atoms with E-state index in [0.29, 0.717) is 0 Å². The third-order valence-electron chi connectivity index (χ3n) is 1.05. The standard InChI is InChI=1S/C8H8N2O/c1-2-3-4-7-5-9-8(11)10-6-7/h5-6H,2H2,1H3,(H,9,10,11). The minimum atomic E-state index is -0.216. The summed E-state index contributed by atoms with van der Waals surface area (Å²) in [4.78, 5) is 7.15. The fourth-order valence-electron chi connectivity index (χ4n) is 0.576. The molecular weight excluding hydrogens is 140 g/mol. The fraction of sp³-hybridized carbons (Fsp3) is 0.250. The molecule has 0 amide bonds. The molecule has 0 saturated carbocycles. The van der Waals surface area contributed by atoms with Crippen LogP contribution in [-0.2, 0) is 0 Å². The molecule has 0 bridgehead atoms. The number of hydrogen-bond donors (Lipinski definition) is 1. The highest BCUT2D eigenvalue weighted by atomic mass is 16.3. The molecule has 1 rings (SSSR count). The van der Waals surface area contributed by atoms with E-state index < -0.39 is 0 Å². The molecule has 1 N–H and O–H groups in total. The van der Waals surface area contributed by atoms with E-state index in [-0.39, 0.29) is 6.01 Å². The minimum absolute atomic E-state index is 0.216. The zero-order valence-corrected chi connectivity index (χ0v) is 6.20. The molecule has 0 atom stereocenters. The first kappa shape index (κ1) is 7.55. The lowest BCUT2D eigenvalue weighted by atomic mass is 10.3. The Kier molecular flexibility index (Phi) is 2.45. The lowest BCUT2D eigenvalue weighted by Gasteiger charge is -1.87. The van der Waals surface area contributed by atoms with Gasteiger partial charge in [-0.25, -0.2) is 9.97 Å². The van der Waals surface area contributed by atoms with Crippen molar-refractivity contribution in [3.05, 3.63) is 18.0 Å². The van der Waals surface area contributed by atoms with Gasteiger partial charge in [0, 0.05) is 18.8 Å². The smallest absolute Gasteiger partial charge is 0.313 e. The summed E-state index contributed by atoms with van der Waals surface area (Å²) in [6.45, 7) is 1.97. The third kappa shape index (κ3) is 2.26. The van der Waals surface area contributed by atoms with Crippen molar-refractivity contribution in [2.75, 3.05) is 0 Å². The Bertz CT molecular complexity index is 281. The Morgan fingerprint density at radius 2 is 2.09 bits per heavy atom. The van der Waals surface area contributed by atoms with Gasteiger partial charge in [0.05, 0.1) is 5.56 Å². The first-order chi connectivity index (χ1) is 5.33. The molecule has 1 aromatic rings. The highest BCUT2D eigenvalue weighted by Crippen LogP contribution is 1.97. The molecule has 0 aromatic carbocycles. The predicted octanol–water partition coefficient (Wildman–Crippen LogP) is 0.944. The largest absolute Gasteiger partial charge is 0.479 e. The molecule has 0 aliphatic carbocycles. The van der Waals surface area contributed by atoms with Crippen molar-refractivity contribution >= 4 is 0 Å². The highest BCUT2D eigenvalue weighted by Gasteiger charge is 1.88. The Balaban J connectivity index is 2.82. The molecule has 56 valence electrons. The van der Waals surface area contributed by atoms with Gasteiger partial charge < -0.3 is 5.11 Å². The number of aromatic nitrogens is 2. The lowest BCUT2D eigenvalue weighted by Crippen LogP contribution is -1.81. The van der Waals surface area contributed by atoms with Crippen molar-refractivity contribution in [1.29, 1.82) is 0 Å². The summed E-state index contributed by atoms with van der Waals surface area (Å²) in [5.41, 5.74) is 0.727. The molecule has 0 aliphatic heterocycles. The summed E-state index contributed by atoms with van der Waals surface area (Å²) < 4.78 is 0. The molecule has 1 aromatic heterocycles. The van der Waals surface area contributed by atoms with Crippen molar-refractivity contribution in [2.45, 2.75) is 13.3 Å². The van der Waals surface area contributed by atoms with Crippen molar-refractivity contribution in [3.8, 4) is 17.9 Å². The molecule has 0 saturated heterocycles. The average molecular weight is 148 g/mol. The van der Waals surface area contributed by atoms with Crippen LogP contribution in [0.5, 0.6) is 6.01 Å². The minimum Gasteiger partial charge on any atom is -0.479 e. The number of aromatic hydroxyl groups is 1. The highest BCUT2D eigenvalue weighted by molar-refractivity contribution is 5.29. The molecule has 0 radical (unpaired) electrons. The molecule has 3 nitrogen and oxygen atoms in total. The molecular formula is C8H8N2O. The lowest BCUT2D eigenvalue weighted by molar-refractivity contribution is 0.430. The van der Waals surface area contributed by atoms with Crippen molar-refractivity contribution in [3.63, 3.8) is 0 Å². The zero-order valence-electron chi connectivity index (χ0n) is 6.20. The van der Waals surface area contributed by atoms with Crippen LogP contribution in [0.3, 0.4) is 0 Å². The summed E-state index contributed by atoms with van der Waals surface area (Å²) >= 11 is 0. The molecule has 1 heterocycles. The first-order valence-electron chi connectivity index (χ1n) is 3.33. The van der Waals surface area contributed by atoms with Gasteiger partial charge in [-0.1, -0.05) is 18.8 Å². The maximum Gasteiger partial charge on any atom is 0.313 e. The van der Waals surface area contributed by atoms with Crippen LogP contribution >= 0.6 is 0 Å². The van der Waals surface area contributed by atoms with Gasteiger partial charge in [-0.15, -0.1) is 0 Å². The van der Waals surface area contributed by atoms with Gasteiger partial charge in [0.25, 0.3) is 0 Å². The second-order valence-corrected chi connectivity index (χ2v) is 1.93. The predicted molar refractivity (Wildman–Crippen MR) is 40.9 cm³/mol. The van der Waals surface area contributed by atoms with Crippen LogP contribution in [-0.4, -0.2) is 15.1 Å². The Morgan fingerprint density at radius 3 is 2.64 bits per heavy atom. The summed E-state index contributed by atoms with van der Waals surface area (Å²) in [7, 11) is 0. The summed E-state index contributed by atoms with van der Waals surface area (Å²) in [5, 5.41) is 8.71. The van der Waals surface area contributed by atoms with E-state index in [2.05, 4.69) is 21.8 Å². The summed E-state index contributed by atoms with van der Waals surface area (Å²) in [6, 6.07) is -0.216. The van der Waals surface area contributed by atoms with Gasteiger partial charge in [0.2, 0.25) is 0 Å². The number of rotatable bonds is 0. The van der Waals surface area contributed by atoms with Crippen LogP contribution in [0.15, 0.2) is 12.4 Å². The molecule has 3 heteroatoms. The van der Waals surface area contributed by atoms with Gasteiger partial charge in [-0.2, -0.15) is 0 Å². The summed E-state index contributed by atoms with van der Waals surface area (Å²) in [6.07, 6.45) is 3.79. The Morgan fingerprint density at radius 1 is 1.45 bits per heavy atom. The van der Waals surface area contributed by atoms with E-state index >= 15 is 0 Å². The molecule has 0 spiro atoms. The van der Waals surface area contributed by atoms with Crippen LogP contribution < -0.4 is 0 Å². The van der Waals surface area contributed by atoms with Crippen LogP contribution in [0.25, 0.3) is 0 Å². The van der Waals surface area contributed by atoms with Crippen molar-refractivity contribution in [2.24, 2.45) is 0 Å². The van der Waals surface area contributed by atoms with E-state index in [4.69, 9.17) is 5.11 Å². The van der Waals surface area contributed by atoms with E-state index in [1.807, 2.05) is 6.92 Å². The van der Waals surface area contributed by atoms with Crippen molar-refractivity contribution in [1.82, 2.24) is 9.97 Å². The van der Waals surface area contributed by atoms with Crippen LogP contribution in [0, 0.1) is 11.8 Å². The van der Waals surface area contributed by atoms with Gasteiger partial charge in [0.1, 0.15) is 0 Å². The molecule has 11 heavy (non-hydrogen) atoms. The van der Waals surface area contributed by atoms with Crippen LogP contribution in [0.1, 0.15) is 18.9 Å². The van der Waals surface area contributed by atoms with E-state index in [1.165, 1.54) is 12.4 Å². The van der Waals surface area contributed by atoms with Crippen LogP contribution in [0.2, 0.25) is 0 Å². The second-order valence-electron chi connectivity index (χ2n) is 1.93. The number of hydrogen-bond acceptors (Lipinski definition) is 3. The monoisotopic (exact) mass is 148 g/mol. The average Bonchev–Trinajstić information content (AvgIpc) is 2.04. The fourth-order valence-corrected chi connectivity index (χ4v) is 0.576. The van der Waals surface area contributed by atoms with Crippen LogP contribution in [0.4, 0.5) is 0 Å². The van der Waals surface area contributed by atoms with Gasteiger partial charge in [-0.05, 0) is 0 Å². The van der Waals surface area contributed by atoms with Gasteiger partial charge in [0.15, 0.2) is 0 Å². The molecule has 0 unspecified atom stereocenters. The van der Waals surface area contributed by atoms with E-state index in [1.54, 1.807) is 0 Å². The Labute approximate surface area is 65.1 Å². The zero-order chi connectivity index (χ0) is 8.10. The van der Waals surface area contributed by atoms with E-state index in [9.17, 15) is 0 Å².